The number of carbonyl (C=O) groups is 1. The quantitative estimate of drug-likeness (QED) is 0.732. The third-order valence-electron chi connectivity index (χ3n) is 4.94. The van der Waals surface area contributed by atoms with Crippen molar-refractivity contribution in [2.75, 3.05) is 47.4 Å². The maximum atomic E-state index is 12.9. The molecule has 0 N–H and O–H groups in total. The highest BCUT2D eigenvalue weighted by molar-refractivity contribution is 5.82. The molecule has 0 aromatic carbocycles. The Labute approximate surface area is 146 Å². The third-order valence-corrected chi connectivity index (χ3v) is 4.94. The number of aryl methyl sites for hydroxylation is 1. The van der Waals surface area contributed by atoms with E-state index in [0.717, 1.165) is 64.0 Å². The third kappa shape index (κ3) is 5.02. The minimum absolute atomic E-state index is 0.260. The number of amides is 1. The molecule has 1 aliphatic heterocycles. The molecule has 0 radical (unpaired) electrons. The standard InChI is InChI=1S/C19H31N3O2/c1-21(2)18(23)19(10-6-9-17-8-4-5-12-20-17)11-7-13-22(16-19)14-15-24-3/h4-5,8,12H,6-7,9-11,13-16H2,1-3H3. The lowest BCUT2D eigenvalue weighted by Gasteiger charge is -2.43. The van der Waals surface area contributed by atoms with E-state index in [1.807, 2.05) is 32.4 Å². The molecular weight excluding hydrogens is 302 g/mol. The van der Waals surface area contributed by atoms with Gasteiger partial charge in [-0.25, -0.2) is 0 Å². The maximum absolute atomic E-state index is 12.9. The van der Waals surface area contributed by atoms with Crippen molar-refractivity contribution in [1.29, 1.82) is 0 Å². The number of methoxy groups -OCH3 is 1. The topological polar surface area (TPSA) is 45.7 Å². The molecule has 1 saturated heterocycles. The fourth-order valence-corrected chi connectivity index (χ4v) is 3.75. The van der Waals surface area contributed by atoms with Gasteiger partial charge in [0.1, 0.15) is 0 Å². The number of carbonyl (C=O) groups excluding carboxylic acids is 1. The zero-order valence-electron chi connectivity index (χ0n) is 15.3. The summed E-state index contributed by atoms with van der Waals surface area (Å²) in [4.78, 5) is 21.5. The summed E-state index contributed by atoms with van der Waals surface area (Å²) in [7, 11) is 5.48. The van der Waals surface area contributed by atoms with Crippen LogP contribution < -0.4 is 0 Å². The van der Waals surface area contributed by atoms with Gasteiger partial charge in [0.05, 0.1) is 12.0 Å². The van der Waals surface area contributed by atoms with Crippen LogP contribution in [0.5, 0.6) is 0 Å². The first-order valence-electron chi connectivity index (χ1n) is 8.90. The predicted molar refractivity (Wildman–Crippen MR) is 95.9 cm³/mol. The Balaban J connectivity index is 2.01. The van der Waals surface area contributed by atoms with E-state index < -0.39 is 0 Å². The highest BCUT2D eigenvalue weighted by Crippen LogP contribution is 2.36. The molecule has 5 nitrogen and oxygen atoms in total. The van der Waals surface area contributed by atoms with E-state index in [2.05, 4.69) is 16.0 Å². The van der Waals surface area contributed by atoms with Crippen LogP contribution in [0.4, 0.5) is 0 Å². The van der Waals surface area contributed by atoms with Crippen molar-refractivity contribution < 1.29 is 9.53 Å². The first-order valence-corrected chi connectivity index (χ1v) is 8.90. The maximum Gasteiger partial charge on any atom is 0.229 e. The van der Waals surface area contributed by atoms with Crippen LogP contribution in [-0.4, -0.2) is 68.1 Å². The van der Waals surface area contributed by atoms with Crippen LogP contribution in [0.15, 0.2) is 24.4 Å². The minimum atomic E-state index is -0.260. The lowest BCUT2D eigenvalue weighted by Crippen LogP contribution is -2.52. The number of aromatic nitrogens is 1. The number of ether oxygens (including phenoxy) is 1. The molecule has 1 aliphatic rings. The number of hydrogen-bond donors (Lipinski definition) is 0. The summed E-state index contributed by atoms with van der Waals surface area (Å²) in [6, 6.07) is 6.03. The highest BCUT2D eigenvalue weighted by atomic mass is 16.5. The van der Waals surface area contributed by atoms with E-state index >= 15 is 0 Å². The van der Waals surface area contributed by atoms with Gasteiger partial charge in [0.15, 0.2) is 0 Å². The Kier molecular flexibility index (Phi) is 7.18. The molecule has 0 aliphatic carbocycles. The molecule has 1 atom stereocenters. The molecule has 134 valence electrons. The molecule has 1 fully saturated rings. The number of pyridine rings is 1. The number of likely N-dealkylation sites (tertiary alicyclic amines) is 1. The van der Waals surface area contributed by atoms with Gasteiger partial charge < -0.3 is 9.64 Å². The molecule has 0 bridgehead atoms. The van der Waals surface area contributed by atoms with Crippen LogP contribution in [0, 0.1) is 5.41 Å². The van der Waals surface area contributed by atoms with Crippen molar-refractivity contribution in [2.24, 2.45) is 5.41 Å². The van der Waals surface area contributed by atoms with Gasteiger partial charge in [-0.2, -0.15) is 0 Å². The second kappa shape index (κ2) is 9.14. The molecule has 0 spiro atoms. The second-order valence-electron chi connectivity index (χ2n) is 7.03. The fourth-order valence-electron chi connectivity index (χ4n) is 3.75. The Morgan fingerprint density at radius 2 is 2.25 bits per heavy atom. The van der Waals surface area contributed by atoms with E-state index in [4.69, 9.17) is 4.74 Å². The van der Waals surface area contributed by atoms with E-state index in [0.29, 0.717) is 0 Å². The SMILES string of the molecule is COCCN1CCCC(CCCc2ccccn2)(C(=O)N(C)C)C1. The van der Waals surface area contributed by atoms with E-state index in [9.17, 15) is 4.79 Å². The molecule has 24 heavy (non-hydrogen) atoms. The van der Waals surface area contributed by atoms with Gasteiger partial charge in [-0.15, -0.1) is 0 Å². The number of nitrogens with zero attached hydrogens (tertiary/aromatic N) is 3. The smallest absolute Gasteiger partial charge is 0.229 e. The van der Waals surface area contributed by atoms with Crippen molar-refractivity contribution in [3.8, 4) is 0 Å². The number of hydrogen-bond acceptors (Lipinski definition) is 4. The van der Waals surface area contributed by atoms with Crippen LogP contribution >= 0.6 is 0 Å². The van der Waals surface area contributed by atoms with Gasteiger partial charge in [0.25, 0.3) is 0 Å². The molecule has 1 aromatic heterocycles. The molecular formula is C19H31N3O2. The zero-order valence-corrected chi connectivity index (χ0v) is 15.3. The van der Waals surface area contributed by atoms with Gasteiger partial charge in [-0.05, 0) is 50.8 Å². The van der Waals surface area contributed by atoms with Crippen molar-refractivity contribution in [2.45, 2.75) is 32.1 Å². The Hall–Kier alpha value is -1.46. The lowest BCUT2D eigenvalue weighted by atomic mass is 9.74. The van der Waals surface area contributed by atoms with Crippen LogP contribution in [0.25, 0.3) is 0 Å². The summed E-state index contributed by atoms with van der Waals surface area (Å²) in [5.41, 5.74) is 0.849. The molecule has 1 unspecified atom stereocenters. The largest absolute Gasteiger partial charge is 0.383 e. The first kappa shape index (κ1) is 18.9. The van der Waals surface area contributed by atoms with Crippen molar-refractivity contribution in [3.05, 3.63) is 30.1 Å². The van der Waals surface area contributed by atoms with Crippen LogP contribution in [0.2, 0.25) is 0 Å². The Morgan fingerprint density at radius 1 is 1.42 bits per heavy atom. The van der Waals surface area contributed by atoms with Crippen molar-refractivity contribution in [1.82, 2.24) is 14.8 Å². The van der Waals surface area contributed by atoms with Crippen molar-refractivity contribution in [3.63, 3.8) is 0 Å². The normalized spacial score (nSPS) is 21.6. The summed E-state index contributed by atoms with van der Waals surface area (Å²) in [5, 5.41) is 0. The van der Waals surface area contributed by atoms with E-state index in [1.54, 1.807) is 12.0 Å². The molecule has 1 amide bonds. The average Bonchev–Trinajstić information content (AvgIpc) is 2.60. The molecule has 2 rings (SSSR count). The second-order valence-corrected chi connectivity index (χ2v) is 7.03. The van der Waals surface area contributed by atoms with Gasteiger partial charge >= 0.3 is 0 Å². The Morgan fingerprint density at radius 3 is 2.92 bits per heavy atom. The van der Waals surface area contributed by atoms with Crippen LogP contribution in [-0.2, 0) is 16.0 Å². The summed E-state index contributed by atoms with van der Waals surface area (Å²) < 4.78 is 5.21. The minimum Gasteiger partial charge on any atom is -0.383 e. The summed E-state index contributed by atoms with van der Waals surface area (Å²) in [5.74, 6) is 0.269. The van der Waals surface area contributed by atoms with Gasteiger partial charge in [-0.1, -0.05) is 6.07 Å². The number of piperidine rings is 1. The number of rotatable bonds is 8. The van der Waals surface area contributed by atoms with Crippen LogP contribution in [0.1, 0.15) is 31.4 Å². The summed E-state index contributed by atoms with van der Waals surface area (Å²) in [6.45, 7) is 3.53. The van der Waals surface area contributed by atoms with Crippen LogP contribution in [0.3, 0.4) is 0 Å². The Bertz CT molecular complexity index is 507. The summed E-state index contributed by atoms with van der Waals surface area (Å²) in [6.07, 6.45) is 6.74. The zero-order chi connectivity index (χ0) is 17.4. The summed E-state index contributed by atoms with van der Waals surface area (Å²) >= 11 is 0. The van der Waals surface area contributed by atoms with E-state index in [-0.39, 0.29) is 11.3 Å². The fraction of sp³-hybridized carbons (Fsp3) is 0.684. The highest BCUT2D eigenvalue weighted by Gasteiger charge is 2.42. The molecule has 5 heteroatoms. The molecule has 1 aromatic rings. The first-order chi connectivity index (χ1) is 11.6. The monoisotopic (exact) mass is 333 g/mol. The van der Waals surface area contributed by atoms with Gasteiger partial charge in [0, 0.05) is 46.2 Å². The van der Waals surface area contributed by atoms with Gasteiger partial charge in [0.2, 0.25) is 5.91 Å². The van der Waals surface area contributed by atoms with Gasteiger partial charge in [-0.3, -0.25) is 14.7 Å². The van der Waals surface area contributed by atoms with Crippen molar-refractivity contribution >= 4 is 5.91 Å². The average molecular weight is 333 g/mol. The molecule has 2 heterocycles. The van der Waals surface area contributed by atoms with E-state index in [1.165, 1.54) is 0 Å². The molecule has 0 saturated carbocycles. The lowest BCUT2D eigenvalue weighted by molar-refractivity contribution is -0.144. The predicted octanol–water partition coefficient (Wildman–Crippen LogP) is 2.22.